The molecule has 30 heavy (non-hydrogen) atoms. The third kappa shape index (κ3) is 2.42. The van der Waals surface area contributed by atoms with Crippen LogP contribution in [0.5, 0.6) is 0 Å². The van der Waals surface area contributed by atoms with Gasteiger partial charge < -0.3 is 4.42 Å². The van der Waals surface area contributed by atoms with Gasteiger partial charge in [-0.05, 0) is 50.9 Å². The number of furan rings is 1. The van der Waals surface area contributed by atoms with E-state index in [0.29, 0.717) is 0 Å². The summed E-state index contributed by atoms with van der Waals surface area (Å²) in [5.41, 5.74) is 10.2. The standard InChI is InChI=1S/C29H24O/c1-29(2,3)19-14-12-18(13-15-19)26-21-9-5-4-8-20(21)22-16-17-25-27(28(22)26)23-10-6-7-11-24(23)30-25/h4-17,26H,1-3H3. The van der Waals surface area contributed by atoms with Gasteiger partial charge in [0.15, 0.2) is 0 Å². The minimum absolute atomic E-state index is 0.151. The highest BCUT2D eigenvalue weighted by atomic mass is 16.3. The first-order chi connectivity index (χ1) is 14.5. The average molecular weight is 389 g/mol. The van der Waals surface area contributed by atoms with Crippen LogP contribution < -0.4 is 0 Å². The molecular weight excluding hydrogens is 364 g/mol. The molecule has 1 aliphatic rings. The van der Waals surface area contributed by atoms with Crippen molar-refractivity contribution in [1.29, 1.82) is 0 Å². The topological polar surface area (TPSA) is 13.1 Å². The van der Waals surface area contributed by atoms with Crippen LogP contribution in [0.1, 0.15) is 48.9 Å². The number of hydrogen-bond acceptors (Lipinski definition) is 1. The zero-order valence-electron chi connectivity index (χ0n) is 17.6. The second-order valence-electron chi connectivity index (χ2n) is 9.39. The summed E-state index contributed by atoms with van der Waals surface area (Å²) in [7, 11) is 0. The molecule has 0 saturated heterocycles. The Balaban J connectivity index is 1.67. The smallest absolute Gasteiger partial charge is 0.135 e. The van der Waals surface area contributed by atoms with Crippen LogP contribution in [-0.4, -0.2) is 0 Å². The number of para-hydroxylation sites is 1. The Morgan fingerprint density at radius 1 is 0.667 bits per heavy atom. The van der Waals surface area contributed by atoms with E-state index < -0.39 is 0 Å². The molecular formula is C29H24O. The first kappa shape index (κ1) is 17.5. The Kier molecular flexibility index (Phi) is 3.56. The Labute approximate surface area is 177 Å². The van der Waals surface area contributed by atoms with Crippen molar-refractivity contribution < 1.29 is 4.42 Å². The maximum atomic E-state index is 6.22. The largest absolute Gasteiger partial charge is 0.456 e. The molecule has 1 aliphatic carbocycles. The van der Waals surface area contributed by atoms with Gasteiger partial charge in [0.25, 0.3) is 0 Å². The Hall–Kier alpha value is -3.32. The van der Waals surface area contributed by atoms with Crippen molar-refractivity contribution >= 4 is 21.9 Å². The summed E-state index contributed by atoms with van der Waals surface area (Å²) in [6, 6.07) is 30.8. The van der Waals surface area contributed by atoms with E-state index in [9.17, 15) is 0 Å². The maximum absolute atomic E-state index is 6.22. The van der Waals surface area contributed by atoms with Crippen molar-refractivity contribution in [2.75, 3.05) is 0 Å². The van der Waals surface area contributed by atoms with Gasteiger partial charge in [0, 0.05) is 16.7 Å². The van der Waals surface area contributed by atoms with Crippen LogP contribution in [0.15, 0.2) is 89.3 Å². The number of fused-ring (bicyclic) bond motifs is 7. The van der Waals surface area contributed by atoms with Gasteiger partial charge in [0.2, 0.25) is 0 Å². The summed E-state index contributed by atoms with van der Waals surface area (Å²) < 4.78 is 6.22. The maximum Gasteiger partial charge on any atom is 0.135 e. The minimum atomic E-state index is 0.151. The lowest BCUT2D eigenvalue weighted by Crippen LogP contribution is -2.11. The van der Waals surface area contributed by atoms with Gasteiger partial charge in [-0.2, -0.15) is 0 Å². The Bertz CT molecular complexity index is 1410. The summed E-state index contributed by atoms with van der Waals surface area (Å²) in [6.45, 7) is 6.80. The molecule has 0 amide bonds. The second kappa shape index (κ2) is 6.09. The highest BCUT2D eigenvalue weighted by molar-refractivity contribution is 6.10. The fraction of sp³-hybridized carbons (Fsp3) is 0.172. The van der Waals surface area contributed by atoms with Gasteiger partial charge >= 0.3 is 0 Å². The fourth-order valence-corrected chi connectivity index (χ4v) is 5.05. The molecule has 5 aromatic rings. The molecule has 1 heteroatoms. The van der Waals surface area contributed by atoms with Gasteiger partial charge in [-0.25, -0.2) is 0 Å². The molecule has 1 aromatic heterocycles. The number of benzene rings is 4. The van der Waals surface area contributed by atoms with Gasteiger partial charge in [-0.1, -0.05) is 93.6 Å². The minimum Gasteiger partial charge on any atom is -0.456 e. The summed E-state index contributed by atoms with van der Waals surface area (Å²) in [4.78, 5) is 0. The quantitative estimate of drug-likeness (QED) is 0.278. The molecule has 1 atom stereocenters. The third-order valence-corrected chi connectivity index (χ3v) is 6.54. The van der Waals surface area contributed by atoms with Crippen molar-refractivity contribution in [3.05, 3.63) is 107 Å². The zero-order chi connectivity index (χ0) is 20.5. The molecule has 146 valence electrons. The van der Waals surface area contributed by atoms with Crippen molar-refractivity contribution in [2.24, 2.45) is 0 Å². The van der Waals surface area contributed by atoms with Crippen LogP contribution in [0.4, 0.5) is 0 Å². The van der Waals surface area contributed by atoms with E-state index in [-0.39, 0.29) is 11.3 Å². The van der Waals surface area contributed by atoms with Gasteiger partial charge in [0.05, 0.1) is 0 Å². The molecule has 0 fully saturated rings. The number of rotatable bonds is 1. The molecule has 6 rings (SSSR count). The average Bonchev–Trinajstić information content (AvgIpc) is 3.28. The predicted octanol–water partition coefficient (Wildman–Crippen LogP) is 8.04. The van der Waals surface area contributed by atoms with Gasteiger partial charge in [-0.15, -0.1) is 0 Å². The molecule has 4 aromatic carbocycles. The molecule has 0 aliphatic heterocycles. The summed E-state index contributed by atoms with van der Waals surface area (Å²) in [6.07, 6.45) is 0. The molecule has 0 bridgehead atoms. The number of hydrogen-bond donors (Lipinski definition) is 0. The van der Waals surface area contributed by atoms with Crippen LogP contribution in [0, 0.1) is 0 Å². The molecule has 0 radical (unpaired) electrons. The molecule has 1 nitrogen and oxygen atoms in total. The summed E-state index contributed by atoms with van der Waals surface area (Å²) in [5, 5.41) is 2.46. The lowest BCUT2D eigenvalue weighted by atomic mass is 9.83. The van der Waals surface area contributed by atoms with Gasteiger partial charge in [0.1, 0.15) is 11.2 Å². The van der Waals surface area contributed by atoms with Crippen LogP contribution >= 0.6 is 0 Å². The molecule has 0 N–H and O–H groups in total. The van der Waals surface area contributed by atoms with Crippen molar-refractivity contribution in [1.82, 2.24) is 0 Å². The summed E-state index contributed by atoms with van der Waals surface area (Å²) >= 11 is 0. The highest BCUT2D eigenvalue weighted by Crippen LogP contribution is 2.52. The van der Waals surface area contributed by atoms with Crippen molar-refractivity contribution in [3.8, 4) is 11.1 Å². The van der Waals surface area contributed by atoms with Crippen LogP contribution in [0.3, 0.4) is 0 Å². The lowest BCUT2D eigenvalue weighted by Gasteiger charge is -2.21. The molecule has 0 saturated carbocycles. The fourth-order valence-electron chi connectivity index (χ4n) is 5.05. The SMILES string of the molecule is CC(C)(C)c1ccc(C2c3ccccc3-c3ccc4oc5ccccc5c4c32)cc1. The van der Waals surface area contributed by atoms with Crippen LogP contribution in [0.25, 0.3) is 33.1 Å². The van der Waals surface area contributed by atoms with E-state index in [0.717, 1.165) is 11.2 Å². The Morgan fingerprint density at radius 2 is 1.40 bits per heavy atom. The molecule has 0 spiro atoms. The first-order valence-electron chi connectivity index (χ1n) is 10.7. The van der Waals surface area contributed by atoms with Crippen molar-refractivity contribution in [2.45, 2.75) is 32.1 Å². The second-order valence-corrected chi connectivity index (χ2v) is 9.39. The van der Waals surface area contributed by atoms with E-state index in [1.165, 1.54) is 44.2 Å². The van der Waals surface area contributed by atoms with Gasteiger partial charge in [-0.3, -0.25) is 0 Å². The monoisotopic (exact) mass is 388 g/mol. The van der Waals surface area contributed by atoms with E-state index in [1.54, 1.807) is 0 Å². The van der Waals surface area contributed by atoms with E-state index >= 15 is 0 Å². The highest BCUT2D eigenvalue weighted by Gasteiger charge is 2.33. The van der Waals surface area contributed by atoms with Crippen LogP contribution in [-0.2, 0) is 5.41 Å². The first-order valence-corrected chi connectivity index (χ1v) is 10.7. The summed E-state index contributed by atoms with van der Waals surface area (Å²) in [5.74, 6) is 0.218. The van der Waals surface area contributed by atoms with E-state index in [1.807, 2.05) is 6.07 Å². The van der Waals surface area contributed by atoms with E-state index in [2.05, 4.69) is 99.6 Å². The predicted molar refractivity (Wildman–Crippen MR) is 125 cm³/mol. The van der Waals surface area contributed by atoms with E-state index in [4.69, 9.17) is 4.42 Å². The normalized spacial score (nSPS) is 15.5. The van der Waals surface area contributed by atoms with Crippen LogP contribution in [0.2, 0.25) is 0 Å². The third-order valence-electron chi connectivity index (χ3n) is 6.54. The van der Waals surface area contributed by atoms with Crippen molar-refractivity contribution in [3.63, 3.8) is 0 Å². The molecule has 1 heterocycles. The Morgan fingerprint density at radius 3 is 2.20 bits per heavy atom. The molecule has 1 unspecified atom stereocenters. The lowest BCUT2D eigenvalue weighted by molar-refractivity contribution is 0.590. The zero-order valence-corrected chi connectivity index (χ0v) is 17.6.